The van der Waals surface area contributed by atoms with Crippen LogP contribution in [0.2, 0.25) is 0 Å². The average molecular weight is 606 g/mol. The molecule has 0 saturated heterocycles. The standard InChI is InChI=1S/C31H35N5O6S/c1-34(2)17-18-43(40,41)36(20-27(37)35(3)4)24-14-12-23(13-15-24)32-29(21-9-7-6-8-10-21)28-25-16-11-22(31(39)42-5)19-26(25)33-30(28)38/h6-16,19,28H,17-18,20H2,1-5H3,(H,33,38). The summed E-state index contributed by atoms with van der Waals surface area (Å²) in [6, 6.07) is 20.7. The van der Waals surface area contributed by atoms with Gasteiger partial charge < -0.3 is 19.9 Å². The van der Waals surface area contributed by atoms with Crippen LogP contribution in [0.25, 0.3) is 0 Å². The molecule has 0 bridgehead atoms. The summed E-state index contributed by atoms with van der Waals surface area (Å²) in [6.07, 6.45) is 0. The Labute approximate surface area is 251 Å². The van der Waals surface area contributed by atoms with Gasteiger partial charge in [0.1, 0.15) is 12.5 Å². The van der Waals surface area contributed by atoms with E-state index in [9.17, 15) is 22.8 Å². The van der Waals surface area contributed by atoms with Crippen LogP contribution in [-0.2, 0) is 24.3 Å². The van der Waals surface area contributed by atoms with Gasteiger partial charge in [0.25, 0.3) is 0 Å². The second kappa shape index (κ2) is 13.2. The fraction of sp³-hybridized carbons (Fsp3) is 0.290. The third-order valence-corrected chi connectivity index (χ3v) is 8.66. The Morgan fingerprint density at radius 2 is 1.60 bits per heavy atom. The molecule has 1 heterocycles. The number of anilines is 2. The predicted molar refractivity (Wildman–Crippen MR) is 167 cm³/mol. The Morgan fingerprint density at radius 3 is 2.21 bits per heavy atom. The minimum atomic E-state index is -3.82. The molecule has 0 aliphatic carbocycles. The van der Waals surface area contributed by atoms with E-state index in [0.29, 0.717) is 40.4 Å². The van der Waals surface area contributed by atoms with Gasteiger partial charge in [0.15, 0.2) is 0 Å². The molecule has 43 heavy (non-hydrogen) atoms. The maximum Gasteiger partial charge on any atom is 0.337 e. The summed E-state index contributed by atoms with van der Waals surface area (Å²) >= 11 is 0. The van der Waals surface area contributed by atoms with E-state index in [-0.39, 0.29) is 24.1 Å². The summed E-state index contributed by atoms with van der Waals surface area (Å²) in [7, 11) is 4.18. The lowest BCUT2D eigenvalue weighted by molar-refractivity contribution is -0.127. The molecule has 0 saturated carbocycles. The molecular weight excluding hydrogens is 570 g/mol. The van der Waals surface area contributed by atoms with Crippen LogP contribution < -0.4 is 9.62 Å². The second-order valence-electron chi connectivity index (χ2n) is 10.5. The van der Waals surface area contributed by atoms with Crippen LogP contribution in [-0.4, -0.2) is 95.9 Å². The summed E-state index contributed by atoms with van der Waals surface area (Å²) in [5.41, 5.74) is 3.50. The number of fused-ring (bicyclic) bond motifs is 1. The van der Waals surface area contributed by atoms with Crippen molar-refractivity contribution in [3.8, 4) is 0 Å². The topological polar surface area (TPSA) is 129 Å². The van der Waals surface area contributed by atoms with Gasteiger partial charge >= 0.3 is 5.97 Å². The highest BCUT2D eigenvalue weighted by molar-refractivity contribution is 7.92. The Morgan fingerprint density at radius 1 is 0.930 bits per heavy atom. The van der Waals surface area contributed by atoms with Crippen LogP contribution in [0.5, 0.6) is 0 Å². The summed E-state index contributed by atoms with van der Waals surface area (Å²) in [4.78, 5) is 45.9. The van der Waals surface area contributed by atoms with Crippen molar-refractivity contribution < 1.29 is 27.5 Å². The van der Waals surface area contributed by atoms with E-state index in [2.05, 4.69) is 5.32 Å². The minimum Gasteiger partial charge on any atom is -0.465 e. The molecule has 2 amide bonds. The monoisotopic (exact) mass is 605 g/mol. The van der Waals surface area contributed by atoms with Crippen molar-refractivity contribution in [2.75, 3.05) is 63.8 Å². The van der Waals surface area contributed by atoms with Gasteiger partial charge in [-0.2, -0.15) is 0 Å². The summed E-state index contributed by atoms with van der Waals surface area (Å²) in [6.45, 7) is -0.0446. The van der Waals surface area contributed by atoms with Crippen LogP contribution in [0.3, 0.4) is 0 Å². The lowest BCUT2D eigenvalue weighted by Crippen LogP contribution is -2.42. The van der Waals surface area contributed by atoms with E-state index in [1.165, 1.54) is 12.0 Å². The van der Waals surface area contributed by atoms with E-state index in [1.54, 1.807) is 75.6 Å². The van der Waals surface area contributed by atoms with Gasteiger partial charge in [-0.15, -0.1) is 0 Å². The number of nitrogens with one attached hydrogen (secondary N) is 1. The van der Waals surface area contributed by atoms with Gasteiger partial charge in [-0.1, -0.05) is 36.4 Å². The molecule has 11 nitrogen and oxygen atoms in total. The summed E-state index contributed by atoms with van der Waals surface area (Å²) in [5, 5.41) is 2.85. The van der Waals surface area contributed by atoms with Gasteiger partial charge in [0, 0.05) is 26.3 Å². The van der Waals surface area contributed by atoms with Crippen molar-refractivity contribution in [2.24, 2.45) is 4.99 Å². The van der Waals surface area contributed by atoms with Crippen LogP contribution in [0.15, 0.2) is 77.8 Å². The second-order valence-corrected chi connectivity index (χ2v) is 12.5. The molecule has 1 aliphatic rings. The van der Waals surface area contributed by atoms with E-state index >= 15 is 0 Å². The van der Waals surface area contributed by atoms with Crippen molar-refractivity contribution in [1.82, 2.24) is 9.80 Å². The van der Waals surface area contributed by atoms with Gasteiger partial charge in [-0.05, 0) is 61.6 Å². The van der Waals surface area contributed by atoms with E-state index < -0.39 is 21.9 Å². The van der Waals surface area contributed by atoms with Gasteiger partial charge in [0.05, 0.1) is 35.5 Å². The number of hydrogen-bond donors (Lipinski definition) is 1. The molecule has 3 aromatic rings. The van der Waals surface area contributed by atoms with Gasteiger partial charge in [0.2, 0.25) is 21.8 Å². The number of nitrogens with zero attached hydrogens (tertiary/aromatic N) is 4. The molecule has 3 aromatic carbocycles. The fourth-order valence-electron chi connectivity index (χ4n) is 4.54. The van der Waals surface area contributed by atoms with Crippen molar-refractivity contribution in [3.05, 3.63) is 89.5 Å². The van der Waals surface area contributed by atoms with Crippen molar-refractivity contribution in [3.63, 3.8) is 0 Å². The molecule has 1 aliphatic heterocycles. The Hall–Kier alpha value is -4.55. The third kappa shape index (κ3) is 7.27. The zero-order valence-corrected chi connectivity index (χ0v) is 25.6. The molecule has 12 heteroatoms. The number of carbonyl (C=O) groups excluding carboxylic acids is 3. The van der Waals surface area contributed by atoms with Crippen LogP contribution >= 0.6 is 0 Å². The highest BCUT2D eigenvalue weighted by Gasteiger charge is 2.36. The smallest absolute Gasteiger partial charge is 0.337 e. The van der Waals surface area contributed by atoms with Crippen LogP contribution in [0.1, 0.15) is 27.4 Å². The first-order chi connectivity index (χ1) is 20.4. The highest BCUT2D eigenvalue weighted by atomic mass is 32.2. The Kier molecular flexibility index (Phi) is 9.62. The number of aliphatic imine (C=N–C) groups is 1. The molecule has 0 spiro atoms. The normalized spacial score (nSPS) is 14.7. The molecular formula is C31H35N5O6S. The number of amides is 2. The molecule has 1 N–H and O–H groups in total. The first-order valence-corrected chi connectivity index (χ1v) is 15.1. The first kappa shape index (κ1) is 31.4. The molecule has 0 fully saturated rings. The zero-order valence-electron chi connectivity index (χ0n) is 24.8. The van der Waals surface area contributed by atoms with E-state index in [4.69, 9.17) is 9.73 Å². The molecule has 0 radical (unpaired) electrons. The van der Waals surface area contributed by atoms with Crippen LogP contribution in [0.4, 0.5) is 17.1 Å². The minimum absolute atomic E-state index is 0.160. The largest absolute Gasteiger partial charge is 0.465 e. The van der Waals surface area contributed by atoms with Crippen molar-refractivity contribution >= 4 is 50.6 Å². The molecule has 226 valence electrons. The lowest BCUT2D eigenvalue weighted by atomic mass is 9.90. The SMILES string of the molecule is COC(=O)c1ccc2c(c1)NC(=O)C2C(=Nc1ccc(N(CC(=O)N(C)C)S(=O)(=O)CCN(C)C)cc1)c1ccccc1. The molecule has 0 aromatic heterocycles. The van der Waals surface area contributed by atoms with Crippen molar-refractivity contribution in [1.29, 1.82) is 0 Å². The quantitative estimate of drug-likeness (QED) is 0.263. The number of sulfonamides is 1. The van der Waals surface area contributed by atoms with Gasteiger partial charge in [-0.25, -0.2) is 13.2 Å². The van der Waals surface area contributed by atoms with E-state index in [0.717, 1.165) is 9.87 Å². The van der Waals surface area contributed by atoms with Gasteiger partial charge in [-0.3, -0.25) is 18.9 Å². The number of methoxy groups -OCH3 is 1. The average Bonchev–Trinajstić information content (AvgIpc) is 3.32. The van der Waals surface area contributed by atoms with E-state index in [1.807, 2.05) is 30.3 Å². The lowest BCUT2D eigenvalue weighted by Gasteiger charge is -2.26. The molecule has 1 atom stereocenters. The fourth-order valence-corrected chi connectivity index (χ4v) is 6.10. The van der Waals surface area contributed by atoms with Crippen molar-refractivity contribution in [2.45, 2.75) is 5.92 Å². The number of ether oxygens (including phenoxy) is 1. The third-order valence-electron chi connectivity index (χ3n) is 6.95. The number of benzene rings is 3. The highest BCUT2D eigenvalue weighted by Crippen LogP contribution is 2.37. The number of carbonyl (C=O) groups is 3. The zero-order chi connectivity index (χ0) is 31.3. The number of rotatable bonds is 11. The number of likely N-dealkylation sites (N-methyl/N-ethyl adjacent to an activating group) is 1. The first-order valence-electron chi connectivity index (χ1n) is 13.5. The maximum absolute atomic E-state index is 13.3. The number of esters is 1. The Balaban J connectivity index is 1.74. The maximum atomic E-state index is 13.3. The predicted octanol–water partition coefficient (Wildman–Crippen LogP) is 3.12. The number of hydrogen-bond acceptors (Lipinski definition) is 8. The summed E-state index contributed by atoms with van der Waals surface area (Å²) < 4.78 is 32.5. The van der Waals surface area contributed by atoms with Crippen LogP contribution in [0, 0.1) is 0 Å². The molecule has 1 unspecified atom stereocenters. The molecule has 4 rings (SSSR count). The Bertz CT molecular complexity index is 1640. The summed E-state index contributed by atoms with van der Waals surface area (Å²) in [5.74, 6) is -2.08.